The monoisotopic (exact) mass is 377 g/mol. The van der Waals surface area contributed by atoms with Gasteiger partial charge in [-0.05, 0) is 48.9 Å². The van der Waals surface area contributed by atoms with Gasteiger partial charge >= 0.3 is 0 Å². The number of phenolic OH excluding ortho intramolecular Hbond substituents is 2. The number of nitrogens with one attached hydrogen (secondary N) is 1. The minimum atomic E-state index is -0.529. The molecule has 0 atom stereocenters. The Balaban J connectivity index is 1.74. The molecule has 0 fully saturated rings. The van der Waals surface area contributed by atoms with Crippen LogP contribution in [-0.4, -0.2) is 35.4 Å². The summed E-state index contributed by atoms with van der Waals surface area (Å²) in [4.78, 5) is 14.5. The summed E-state index contributed by atoms with van der Waals surface area (Å²) < 4.78 is 0. The first-order chi connectivity index (χ1) is 13.5. The zero-order valence-corrected chi connectivity index (χ0v) is 15.9. The van der Waals surface area contributed by atoms with E-state index in [9.17, 15) is 15.0 Å². The second-order valence-corrected chi connectivity index (χ2v) is 6.33. The maximum absolute atomic E-state index is 12.4. The maximum Gasteiger partial charge on any atom is 0.275 e. The van der Waals surface area contributed by atoms with Crippen molar-refractivity contribution in [2.24, 2.45) is 5.10 Å². The lowest BCUT2D eigenvalue weighted by Gasteiger charge is -2.21. The van der Waals surface area contributed by atoms with Gasteiger partial charge in [0.2, 0.25) is 0 Å². The molecule has 0 radical (unpaired) electrons. The van der Waals surface area contributed by atoms with Gasteiger partial charge in [-0.1, -0.05) is 24.3 Å². The molecule has 0 heterocycles. The average Bonchev–Trinajstić information content (AvgIpc) is 2.69. The first kappa shape index (κ1) is 19.2. The molecule has 144 valence electrons. The van der Waals surface area contributed by atoms with Crippen molar-refractivity contribution >= 4 is 28.6 Å². The molecule has 6 heteroatoms. The lowest BCUT2D eigenvalue weighted by molar-refractivity contribution is 0.0952. The summed E-state index contributed by atoms with van der Waals surface area (Å²) in [5, 5.41) is 25.9. The molecule has 3 N–H and O–H groups in total. The highest BCUT2D eigenvalue weighted by molar-refractivity contribution is 6.01. The van der Waals surface area contributed by atoms with Crippen LogP contribution in [0.3, 0.4) is 0 Å². The number of fused-ring (bicyclic) bond motifs is 1. The summed E-state index contributed by atoms with van der Waals surface area (Å²) in [6.45, 7) is 5.78. The lowest BCUT2D eigenvalue weighted by Crippen LogP contribution is -2.21. The molecule has 0 saturated carbocycles. The van der Waals surface area contributed by atoms with Crippen molar-refractivity contribution in [1.29, 1.82) is 0 Å². The molecule has 3 aromatic rings. The van der Waals surface area contributed by atoms with Crippen molar-refractivity contribution in [2.45, 2.75) is 13.8 Å². The smallest absolute Gasteiger partial charge is 0.275 e. The van der Waals surface area contributed by atoms with Gasteiger partial charge in [0, 0.05) is 30.4 Å². The summed E-state index contributed by atoms with van der Waals surface area (Å²) in [7, 11) is 0. The van der Waals surface area contributed by atoms with E-state index in [1.165, 1.54) is 6.21 Å². The van der Waals surface area contributed by atoms with Crippen LogP contribution in [0.2, 0.25) is 0 Å². The van der Waals surface area contributed by atoms with Crippen LogP contribution in [0, 0.1) is 0 Å². The highest BCUT2D eigenvalue weighted by atomic mass is 16.3. The first-order valence-electron chi connectivity index (χ1n) is 9.16. The zero-order valence-electron chi connectivity index (χ0n) is 15.9. The number of carbonyl (C=O) groups excluding carboxylic acids is 1. The number of benzene rings is 3. The van der Waals surface area contributed by atoms with Gasteiger partial charge in [-0.3, -0.25) is 4.79 Å². The quantitative estimate of drug-likeness (QED) is 0.450. The zero-order chi connectivity index (χ0) is 20.1. The number of hydrogen-bond donors (Lipinski definition) is 3. The minimum Gasteiger partial charge on any atom is -0.507 e. The van der Waals surface area contributed by atoms with Gasteiger partial charge in [0.1, 0.15) is 11.5 Å². The maximum atomic E-state index is 12.4. The SMILES string of the molecule is CCN(CC)c1ccc(/C=N\NC(=O)c2cc3ccccc3cc2O)c(O)c1. The van der Waals surface area contributed by atoms with Crippen molar-refractivity contribution in [2.75, 3.05) is 18.0 Å². The van der Waals surface area contributed by atoms with Gasteiger partial charge in [-0.2, -0.15) is 5.10 Å². The van der Waals surface area contributed by atoms with Crippen LogP contribution < -0.4 is 10.3 Å². The number of hydrazone groups is 1. The van der Waals surface area contributed by atoms with Crippen LogP contribution in [0.4, 0.5) is 5.69 Å². The Labute approximate surface area is 163 Å². The van der Waals surface area contributed by atoms with Crippen molar-refractivity contribution < 1.29 is 15.0 Å². The molecule has 6 nitrogen and oxygen atoms in total. The Morgan fingerprint density at radius 1 is 1.00 bits per heavy atom. The largest absolute Gasteiger partial charge is 0.507 e. The topological polar surface area (TPSA) is 85.2 Å². The van der Waals surface area contributed by atoms with Crippen molar-refractivity contribution in [3.05, 3.63) is 65.7 Å². The molecule has 0 aromatic heterocycles. The Bertz CT molecular complexity index is 1030. The second-order valence-electron chi connectivity index (χ2n) is 6.33. The number of aromatic hydroxyl groups is 2. The van der Waals surface area contributed by atoms with E-state index in [0.29, 0.717) is 5.56 Å². The van der Waals surface area contributed by atoms with E-state index < -0.39 is 5.91 Å². The van der Waals surface area contributed by atoms with Gasteiger partial charge in [0.15, 0.2) is 0 Å². The average molecular weight is 377 g/mol. The number of amides is 1. The number of carbonyl (C=O) groups is 1. The van der Waals surface area contributed by atoms with E-state index in [1.807, 2.05) is 44.2 Å². The van der Waals surface area contributed by atoms with Gasteiger partial charge < -0.3 is 15.1 Å². The summed E-state index contributed by atoms with van der Waals surface area (Å²) in [6, 6.07) is 15.9. The lowest BCUT2D eigenvalue weighted by atomic mass is 10.1. The van der Waals surface area contributed by atoms with Crippen molar-refractivity contribution in [3.8, 4) is 11.5 Å². The molecular weight excluding hydrogens is 354 g/mol. The molecule has 0 spiro atoms. The number of hydrogen-bond acceptors (Lipinski definition) is 5. The Kier molecular flexibility index (Phi) is 5.79. The fraction of sp³-hybridized carbons (Fsp3) is 0.182. The van der Waals surface area contributed by atoms with E-state index in [2.05, 4.69) is 15.4 Å². The van der Waals surface area contributed by atoms with Gasteiger partial charge in [0.05, 0.1) is 11.8 Å². The van der Waals surface area contributed by atoms with E-state index >= 15 is 0 Å². The van der Waals surface area contributed by atoms with Crippen molar-refractivity contribution in [3.63, 3.8) is 0 Å². The summed E-state index contributed by atoms with van der Waals surface area (Å²) >= 11 is 0. The van der Waals surface area contributed by atoms with Crippen molar-refractivity contribution in [1.82, 2.24) is 5.43 Å². The summed E-state index contributed by atoms with van der Waals surface area (Å²) in [6.07, 6.45) is 1.37. The van der Waals surface area contributed by atoms with Gasteiger partial charge in [-0.15, -0.1) is 0 Å². The third-order valence-electron chi connectivity index (χ3n) is 4.62. The molecule has 0 bridgehead atoms. The summed E-state index contributed by atoms with van der Waals surface area (Å²) in [5.74, 6) is -0.562. The normalized spacial score (nSPS) is 11.1. The Morgan fingerprint density at radius 2 is 1.68 bits per heavy atom. The third-order valence-corrected chi connectivity index (χ3v) is 4.62. The van der Waals surface area contributed by atoms with E-state index in [1.54, 1.807) is 24.3 Å². The van der Waals surface area contributed by atoms with Gasteiger partial charge in [0.25, 0.3) is 5.91 Å². The highest BCUT2D eigenvalue weighted by Crippen LogP contribution is 2.25. The predicted octanol–water partition coefficient (Wildman–Crippen LogP) is 3.86. The first-order valence-corrected chi connectivity index (χ1v) is 9.16. The van der Waals surface area contributed by atoms with E-state index in [-0.39, 0.29) is 17.1 Å². The molecule has 0 unspecified atom stereocenters. The highest BCUT2D eigenvalue weighted by Gasteiger charge is 2.12. The van der Waals surface area contributed by atoms with E-state index in [4.69, 9.17) is 0 Å². The molecule has 28 heavy (non-hydrogen) atoms. The Morgan fingerprint density at radius 3 is 2.32 bits per heavy atom. The van der Waals surface area contributed by atoms with Crippen LogP contribution in [0.1, 0.15) is 29.8 Å². The molecule has 0 aliphatic carbocycles. The van der Waals surface area contributed by atoms with Crippen LogP contribution in [0.25, 0.3) is 10.8 Å². The molecular formula is C22H23N3O3. The predicted molar refractivity (Wildman–Crippen MR) is 112 cm³/mol. The fourth-order valence-corrected chi connectivity index (χ4v) is 3.06. The number of nitrogens with zero attached hydrogens (tertiary/aromatic N) is 2. The van der Waals surface area contributed by atoms with Crippen LogP contribution >= 0.6 is 0 Å². The molecule has 1 amide bonds. The fourth-order valence-electron chi connectivity index (χ4n) is 3.06. The third kappa shape index (κ3) is 4.06. The number of phenols is 2. The van der Waals surface area contributed by atoms with Crippen LogP contribution in [0.5, 0.6) is 11.5 Å². The summed E-state index contributed by atoms with van der Waals surface area (Å²) in [5.41, 5.74) is 3.93. The van der Waals surface area contributed by atoms with Crippen LogP contribution in [0.15, 0.2) is 59.7 Å². The number of rotatable bonds is 6. The molecule has 3 aromatic carbocycles. The van der Waals surface area contributed by atoms with E-state index in [0.717, 1.165) is 29.5 Å². The number of anilines is 1. The molecule has 3 rings (SSSR count). The minimum absolute atomic E-state index is 0.0796. The molecule has 0 saturated heterocycles. The van der Waals surface area contributed by atoms with Gasteiger partial charge in [-0.25, -0.2) is 5.43 Å². The Hall–Kier alpha value is -3.54. The second kappa shape index (κ2) is 8.43. The molecule has 0 aliphatic heterocycles. The van der Waals surface area contributed by atoms with Crippen LogP contribution in [-0.2, 0) is 0 Å². The standard InChI is InChI=1S/C22H23N3O3/c1-3-25(4-2)18-10-9-17(20(26)13-18)14-23-24-22(28)19-11-15-7-5-6-8-16(15)12-21(19)27/h5-14,26-27H,3-4H2,1-2H3,(H,24,28)/b23-14-. The molecule has 0 aliphatic rings.